The molecule has 1 aromatic rings. The summed E-state index contributed by atoms with van der Waals surface area (Å²) in [5.74, 6) is 0.647. The van der Waals surface area contributed by atoms with Gasteiger partial charge in [-0.05, 0) is 32.9 Å². The number of ether oxygens (including phenoxy) is 4. The Morgan fingerprint density at radius 1 is 1.08 bits per heavy atom. The monoisotopic (exact) mass is 339 g/mol. The van der Waals surface area contributed by atoms with Crippen LogP contribution in [0.15, 0.2) is 18.2 Å². The molecule has 0 aliphatic carbocycles. The molecular formula is C17H25NO6. The lowest BCUT2D eigenvalue weighted by molar-refractivity contribution is -0.142. The first-order chi connectivity index (χ1) is 11.2. The molecule has 0 heterocycles. The number of rotatable bonds is 6. The maximum atomic E-state index is 12.4. The zero-order valence-electron chi connectivity index (χ0n) is 15.0. The Balaban J connectivity index is 3.03. The van der Waals surface area contributed by atoms with Gasteiger partial charge in [0.15, 0.2) is 0 Å². The summed E-state index contributed by atoms with van der Waals surface area (Å²) >= 11 is 0. The summed E-state index contributed by atoms with van der Waals surface area (Å²) in [6.07, 6.45) is -0.606. The normalized spacial score (nSPS) is 10.8. The molecule has 0 unspecified atom stereocenters. The van der Waals surface area contributed by atoms with Crippen molar-refractivity contribution in [1.82, 2.24) is 4.90 Å². The molecule has 134 valence electrons. The second kappa shape index (κ2) is 8.42. The molecule has 1 aromatic carbocycles. The predicted octanol–water partition coefficient (Wildman–Crippen LogP) is 2.61. The number of hydrogen-bond donors (Lipinski definition) is 0. The number of nitrogens with zero attached hydrogens (tertiary/aromatic N) is 1. The van der Waals surface area contributed by atoms with Crippen LogP contribution in [0.25, 0.3) is 0 Å². The van der Waals surface area contributed by atoms with Gasteiger partial charge in [0.05, 0.1) is 27.9 Å². The highest BCUT2D eigenvalue weighted by atomic mass is 16.6. The highest BCUT2D eigenvalue weighted by Crippen LogP contribution is 2.26. The van der Waals surface area contributed by atoms with E-state index in [9.17, 15) is 9.59 Å². The number of hydrogen-bond acceptors (Lipinski definition) is 6. The lowest BCUT2D eigenvalue weighted by Crippen LogP contribution is -2.39. The zero-order chi connectivity index (χ0) is 18.3. The highest BCUT2D eigenvalue weighted by Gasteiger charge is 2.25. The van der Waals surface area contributed by atoms with Crippen LogP contribution in [0.2, 0.25) is 0 Å². The Morgan fingerprint density at radius 2 is 1.75 bits per heavy atom. The third kappa shape index (κ3) is 5.98. The van der Waals surface area contributed by atoms with Crippen LogP contribution in [0.3, 0.4) is 0 Å². The topological polar surface area (TPSA) is 74.3 Å². The van der Waals surface area contributed by atoms with E-state index in [-0.39, 0.29) is 13.1 Å². The van der Waals surface area contributed by atoms with E-state index in [0.717, 1.165) is 0 Å². The van der Waals surface area contributed by atoms with E-state index in [0.29, 0.717) is 17.1 Å². The predicted molar refractivity (Wildman–Crippen MR) is 88.2 cm³/mol. The number of carbonyl (C=O) groups is 2. The third-order valence-electron chi connectivity index (χ3n) is 3.05. The van der Waals surface area contributed by atoms with E-state index < -0.39 is 17.7 Å². The summed E-state index contributed by atoms with van der Waals surface area (Å²) < 4.78 is 20.5. The van der Waals surface area contributed by atoms with E-state index >= 15 is 0 Å². The van der Waals surface area contributed by atoms with Gasteiger partial charge in [-0.3, -0.25) is 9.69 Å². The Hall–Kier alpha value is -2.44. The molecule has 0 aliphatic rings. The van der Waals surface area contributed by atoms with Crippen LogP contribution in [0.4, 0.5) is 4.79 Å². The van der Waals surface area contributed by atoms with E-state index in [4.69, 9.17) is 14.2 Å². The number of methoxy groups -OCH3 is 3. The molecular weight excluding hydrogens is 314 g/mol. The SMILES string of the molecule is COC(=O)CN(Cc1ccc(OC)cc1OC)C(=O)OC(C)(C)C. The lowest BCUT2D eigenvalue weighted by Gasteiger charge is -2.27. The van der Waals surface area contributed by atoms with Gasteiger partial charge < -0.3 is 18.9 Å². The first-order valence-electron chi connectivity index (χ1n) is 7.45. The van der Waals surface area contributed by atoms with Crippen LogP contribution in [0.5, 0.6) is 11.5 Å². The van der Waals surface area contributed by atoms with Gasteiger partial charge in [-0.2, -0.15) is 0 Å². The molecule has 7 heteroatoms. The Bertz CT molecular complexity index is 579. The zero-order valence-corrected chi connectivity index (χ0v) is 15.0. The van der Waals surface area contributed by atoms with Gasteiger partial charge in [0.25, 0.3) is 0 Å². The fourth-order valence-electron chi connectivity index (χ4n) is 1.92. The van der Waals surface area contributed by atoms with Crippen molar-refractivity contribution in [1.29, 1.82) is 0 Å². The van der Waals surface area contributed by atoms with Crippen molar-refractivity contribution in [2.75, 3.05) is 27.9 Å². The summed E-state index contributed by atoms with van der Waals surface area (Å²) in [6, 6.07) is 5.23. The van der Waals surface area contributed by atoms with Crippen LogP contribution < -0.4 is 9.47 Å². The third-order valence-corrected chi connectivity index (χ3v) is 3.05. The molecule has 0 spiro atoms. The summed E-state index contributed by atoms with van der Waals surface area (Å²) in [4.78, 5) is 25.2. The number of carbonyl (C=O) groups excluding carboxylic acids is 2. The van der Waals surface area contributed by atoms with Gasteiger partial charge >= 0.3 is 12.1 Å². The van der Waals surface area contributed by atoms with Crippen LogP contribution in [0, 0.1) is 0 Å². The molecule has 0 aromatic heterocycles. The minimum Gasteiger partial charge on any atom is -0.497 e. The van der Waals surface area contributed by atoms with Gasteiger partial charge in [0.1, 0.15) is 23.6 Å². The Morgan fingerprint density at radius 3 is 2.25 bits per heavy atom. The van der Waals surface area contributed by atoms with E-state index in [1.54, 1.807) is 46.1 Å². The van der Waals surface area contributed by atoms with Gasteiger partial charge in [0.2, 0.25) is 0 Å². The maximum absolute atomic E-state index is 12.4. The van der Waals surface area contributed by atoms with E-state index in [1.807, 2.05) is 0 Å². The molecule has 7 nitrogen and oxygen atoms in total. The fraction of sp³-hybridized carbons (Fsp3) is 0.529. The molecule has 0 saturated carbocycles. The van der Waals surface area contributed by atoms with Crippen molar-refractivity contribution in [3.63, 3.8) is 0 Å². The molecule has 1 rings (SSSR count). The van der Waals surface area contributed by atoms with Crippen LogP contribution in [-0.2, 0) is 20.8 Å². The van der Waals surface area contributed by atoms with Crippen LogP contribution in [-0.4, -0.2) is 50.4 Å². The van der Waals surface area contributed by atoms with E-state index in [1.165, 1.54) is 19.1 Å². The molecule has 1 amide bonds. The number of esters is 1. The minimum absolute atomic E-state index is 0.136. The standard InChI is InChI=1S/C17H25NO6/c1-17(2,3)24-16(20)18(11-15(19)23-6)10-12-7-8-13(21-4)9-14(12)22-5/h7-9H,10-11H2,1-6H3. The highest BCUT2D eigenvalue weighted by molar-refractivity contribution is 5.78. The molecule has 0 saturated heterocycles. The summed E-state index contributed by atoms with van der Waals surface area (Å²) in [5, 5.41) is 0. The van der Waals surface area contributed by atoms with Crippen molar-refractivity contribution < 1.29 is 28.5 Å². The van der Waals surface area contributed by atoms with Crippen molar-refractivity contribution in [3.05, 3.63) is 23.8 Å². The average Bonchev–Trinajstić information content (AvgIpc) is 2.52. The molecule has 0 N–H and O–H groups in total. The van der Waals surface area contributed by atoms with Crippen molar-refractivity contribution in [2.24, 2.45) is 0 Å². The van der Waals surface area contributed by atoms with E-state index in [2.05, 4.69) is 4.74 Å². The summed E-state index contributed by atoms with van der Waals surface area (Å²) in [5.41, 5.74) is 0.0446. The van der Waals surface area contributed by atoms with Crippen molar-refractivity contribution >= 4 is 12.1 Å². The smallest absolute Gasteiger partial charge is 0.411 e. The van der Waals surface area contributed by atoms with Crippen LogP contribution >= 0.6 is 0 Å². The molecule has 0 fully saturated rings. The second-order valence-corrected chi connectivity index (χ2v) is 6.09. The first kappa shape index (κ1) is 19.6. The molecule has 0 atom stereocenters. The second-order valence-electron chi connectivity index (χ2n) is 6.09. The summed E-state index contributed by atoms with van der Waals surface area (Å²) in [7, 11) is 4.35. The quantitative estimate of drug-likeness (QED) is 0.742. The van der Waals surface area contributed by atoms with Gasteiger partial charge in [0, 0.05) is 11.6 Å². The first-order valence-corrected chi connectivity index (χ1v) is 7.45. The van der Waals surface area contributed by atoms with Crippen molar-refractivity contribution in [3.8, 4) is 11.5 Å². The minimum atomic E-state index is -0.671. The number of benzene rings is 1. The van der Waals surface area contributed by atoms with Gasteiger partial charge in [-0.15, -0.1) is 0 Å². The lowest BCUT2D eigenvalue weighted by atomic mass is 10.1. The molecule has 0 bridgehead atoms. The van der Waals surface area contributed by atoms with Crippen LogP contribution in [0.1, 0.15) is 26.3 Å². The largest absolute Gasteiger partial charge is 0.497 e. The average molecular weight is 339 g/mol. The number of amides is 1. The Kier molecular flexibility index (Phi) is 6.88. The van der Waals surface area contributed by atoms with Gasteiger partial charge in [-0.25, -0.2) is 4.79 Å². The summed E-state index contributed by atoms with van der Waals surface area (Å²) in [6.45, 7) is 5.19. The van der Waals surface area contributed by atoms with Crippen molar-refractivity contribution in [2.45, 2.75) is 32.9 Å². The maximum Gasteiger partial charge on any atom is 0.411 e. The molecule has 24 heavy (non-hydrogen) atoms. The van der Waals surface area contributed by atoms with Gasteiger partial charge in [-0.1, -0.05) is 0 Å². The fourth-order valence-corrected chi connectivity index (χ4v) is 1.92. The Labute approximate surface area is 142 Å². The molecule has 0 aliphatic heterocycles. The molecule has 0 radical (unpaired) electrons.